The van der Waals surface area contributed by atoms with Gasteiger partial charge in [0.25, 0.3) is 10.2 Å². The molecular weight excluding hydrogens is 226 g/mol. The molecule has 16 heavy (non-hydrogen) atoms. The van der Waals surface area contributed by atoms with Crippen LogP contribution in [0.25, 0.3) is 0 Å². The maximum Gasteiger partial charge on any atom is 0.279 e. The molecule has 0 aromatic rings. The maximum absolute atomic E-state index is 11.8. The maximum atomic E-state index is 11.8. The summed E-state index contributed by atoms with van der Waals surface area (Å²) >= 11 is 0. The molecule has 98 valence electrons. The van der Waals surface area contributed by atoms with E-state index in [0.717, 1.165) is 0 Å². The Hall–Kier alpha value is -0.170. The third kappa shape index (κ3) is 5.79. The lowest BCUT2D eigenvalue weighted by atomic mass is 9.94. The molecule has 0 amide bonds. The van der Waals surface area contributed by atoms with Crippen molar-refractivity contribution in [3.05, 3.63) is 0 Å². The van der Waals surface area contributed by atoms with Gasteiger partial charge in [-0.05, 0) is 17.9 Å². The second kappa shape index (κ2) is 5.95. The van der Waals surface area contributed by atoms with Gasteiger partial charge in [0.1, 0.15) is 0 Å². The average molecular weight is 251 g/mol. The van der Waals surface area contributed by atoms with Crippen LogP contribution in [0, 0.1) is 11.3 Å². The van der Waals surface area contributed by atoms with Gasteiger partial charge in [0.05, 0.1) is 0 Å². The first-order valence-corrected chi connectivity index (χ1v) is 6.96. The number of nitrogens with one attached hydrogen (secondary N) is 1. The van der Waals surface area contributed by atoms with E-state index in [1.807, 2.05) is 27.7 Å². The lowest BCUT2D eigenvalue weighted by molar-refractivity contribution is 0.289. The van der Waals surface area contributed by atoms with Gasteiger partial charge in [0.2, 0.25) is 0 Å². The molecule has 3 N–H and O–H groups in total. The molecule has 0 saturated carbocycles. The van der Waals surface area contributed by atoms with Crippen molar-refractivity contribution < 1.29 is 8.42 Å². The Morgan fingerprint density at radius 1 is 1.38 bits per heavy atom. The van der Waals surface area contributed by atoms with Crippen molar-refractivity contribution in [2.75, 3.05) is 26.7 Å². The molecule has 0 saturated heterocycles. The zero-order chi connectivity index (χ0) is 13.0. The minimum Gasteiger partial charge on any atom is -0.330 e. The summed E-state index contributed by atoms with van der Waals surface area (Å²) in [5, 5.41) is 0. The predicted octanol–water partition coefficient (Wildman–Crippen LogP) is 0.394. The first-order chi connectivity index (χ1) is 7.10. The summed E-state index contributed by atoms with van der Waals surface area (Å²) in [5.41, 5.74) is 5.37. The fourth-order valence-electron chi connectivity index (χ4n) is 1.13. The molecule has 0 radical (unpaired) electrons. The summed E-state index contributed by atoms with van der Waals surface area (Å²) < 4.78 is 27.5. The summed E-state index contributed by atoms with van der Waals surface area (Å²) in [6.45, 7) is 9.14. The second-order valence-corrected chi connectivity index (χ2v) is 7.23. The van der Waals surface area contributed by atoms with Crippen molar-refractivity contribution >= 4 is 10.2 Å². The Morgan fingerprint density at radius 2 is 1.88 bits per heavy atom. The summed E-state index contributed by atoms with van der Waals surface area (Å²) in [4.78, 5) is 0. The largest absolute Gasteiger partial charge is 0.330 e. The van der Waals surface area contributed by atoms with Crippen molar-refractivity contribution in [3.8, 4) is 0 Å². The Kier molecular flexibility index (Phi) is 5.89. The molecule has 0 aliphatic carbocycles. The van der Waals surface area contributed by atoms with Crippen LogP contribution in [-0.4, -0.2) is 39.4 Å². The highest BCUT2D eigenvalue weighted by atomic mass is 32.2. The topological polar surface area (TPSA) is 75.4 Å². The van der Waals surface area contributed by atoms with E-state index in [9.17, 15) is 8.42 Å². The second-order valence-electron chi connectivity index (χ2n) is 5.37. The number of hydrogen-bond acceptors (Lipinski definition) is 3. The zero-order valence-electron chi connectivity index (χ0n) is 10.9. The summed E-state index contributed by atoms with van der Waals surface area (Å²) in [6.07, 6.45) is 0. The van der Waals surface area contributed by atoms with Gasteiger partial charge in [-0.3, -0.25) is 0 Å². The average Bonchev–Trinajstić information content (AvgIpc) is 2.14. The van der Waals surface area contributed by atoms with Crippen molar-refractivity contribution in [3.63, 3.8) is 0 Å². The highest BCUT2D eigenvalue weighted by Crippen LogP contribution is 2.15. The molecule has 0 spiro atoms. The zero-order valence-corrected chi connectivity index (χ0v) is 11.8. The van der Waals surface area contributed by atoms with Crippen LogP contribution in [0.4, 0.5) is 0 Å². The van der Waals surface area contributed by atoms with Crippen LogP contribution in [0.3, 0.4) is 0 Å². The molecule has 0 bridgehead atoms. The van der Waals surface area contributed by atoms with Crippen LogP contribution in [0.15, 0.2) is 0 Å². The number of nitrogens with zero attached hydrogens (tertiary/aromatic N) is 1. The van der Waals surface area contributed by atoms with Crippen LogP contribution in [0.5, 0.6) is 0 Å². The first kappa shape index (κ1) is 15.8. The Labute approximate surface area is 99.6 Å². The van der Waals surface area contributed by atoms with Crippen LogP contribution in [-0.2, 0) is 10.2 Å². The Morgan fingerprint density at radius 3 is 2.25 bits per heavy atom. The van der Waals surface area contributed by atoms with Gasteiger partial charge < -0.3 is 5.73 Å². The van der Waals surface area contributed by atoms with E-state index in [-0.39, 0.29) is 5.41 Å². The normalized spacial score (nSPS) is 13.8. The van der Waals surface area contributed by atoms with Gasteiger partial charge in [0, 0.05) is 20.1 Å². The molecule has 6 heteroatoms. The first-order valence-electron chi connectivity index (χ1n) is 5.52. The van der Waals surface area contributed by atoms with Crippen molar-refractivity contribution in [1.82, 2.24) is 9.03 Å². The molecule has 0 aromatic heterocycles. The van der Waals surface area contributed by atoms with E-state index in [0.29, 0.717) is 25.6 Å². The van der Waals surface area contributed by atoms with Crippen molar-refractivity contribution in [2.24, 2.45) is 17.1 Å². The highest BCUT2D eigenvalue weighted by Gasteiger charge is 2.25. The molecule has 0 heterocycles. The third-order valence-electron chi connectivity index (χ3n) is 2.29. The molecule has 0 rings (SSSR count). The summed E-state index contributed by atoms with van der Waals surface area (Å²) in [7, 11) is -1.80. The molecule has 0 aliphatic rings. The minimum atomic E-state index is -3.37. The molecule has 0 aliphatic heterocycles. The van der Waals surface area contributed by atoms with Gasteiger partial charge >= 0.3 is 0 Å². The van der Waals surface area contributed by atoms with Gasteiger partial charge in [-0.25, -0.2) is 4.72 Å². The van der Waals surface area contributed by atoms with Gasteiger partial charge in [-0.15, -0.1) is 0 Å². The summed E-state index contributed by atoms with van der Waals surface area (Å²) in [6, 6.07) is 0. The Bertz CT molecular complexity index is 299. The van der Waals surface area contributed by atoms with Crippen LogP contribution < -0.4 is 10.5 Å². The van der Waals surface area contributed by atoms with E-state index >= 15 is 0 Å². The molecular formula is C10H25N3O2S. The third-order valence-corrected chi connectivity index (χ3v) is 3.77. The fourth-order valence-corrected chi connectivity index (χ4v) is 2.42. The Balaban J connectivity index is 4.42. The van der Waals surface area contributed by atoms with E-state index in [1.165, 1.54) is 4.31 Å². The quantitative estimate of drug-likeness (QED) is 0.687. The standard InChI is InChI=1S/C10H25N3O2S/c1-9(2)6-12-16(14,15)13(5)8-10(3,4)7-11/h9,12H,6-8,11H2,1-5H3. The van der Waals surface area contributed by atoms with E-state index in [4.69, 9.17) is 5.73 Å². The monoisotopic (exact) mass is 251 g/mol. The minimum absolute atomic E-state index is 0.207. The number of hydrogen-bond donors (Lipinski definition) is 2. The van der Waals surface area contributed by atoms with E-state index < -0.39 is 10.2 Å². The lowest BCUT2D eigenvalue weighted by Gasteiger charge is -2.28. The molecule has 0 unspecified atom stereocenters. The fraction of sp³-hybridized carbons (Fsp3) is 1.00. The number of nitrogens with two attached hydrogens (primary N) is 1. The smallest absolute Gasteiger partial charge is 0.279 e. The molecule has 5 nitrogen and oxygen atoms in total. The molecule has 0 fully saturated rings. The van der Waals surface area contributed by atoms with Crippen LogP contribution in [0.1, 0.15) is 27.7 Å². The van der Waals surface area contributed by atoms with E-state index in [1.54, 1.807) is 7.05 Å². The number of rotatable bonds is 7. The molecule has 0 atom stereocenters. The summed E-state index contributed by atoms with van der Waals surface area (Å²) in [5.74, 6) is 0.297. The molecule has 0 aromatic carbocycles. The highest BCUT2D eigenvalue weighted by molar-refractivity contribution is 7.87. The van der Waals surface area contributed by atoms with Gasteiger partial charge in [0.15, 0.2) is 0 Å². The van der Waals surface area contributed by atoms with Crippen LogP contribution in [0.2, 0.25) is 0 Å². The van der Waals surface area contributed by atoms with Crippen molar-refractivity contribution in [2.45, 2.75) is 27.7 Å². The SMILES string of the molecule is CC(C)CNS(=O)(=O)N(C)CC(C)(C)CN. The van der Waals surface area contributed by atoms with Crippen LogP contribution >= 0.6 is 0 Å². The van der Waals surface area contributed by atoms with E-state index in [2.05, 4.69) is 4.72 Å². The van der Waals surface area contributed by atoms with Crippen molar-refractivity contribution in [1.29, 1.82) is 0 Å². The van der Waals surface area contributed by atoms with Gasteiger partial charge in [-0.2, -0.15) is 12.7 Å². The lowest BCUT2D eigenvalue weighted by Crippen LogP contribution is -2.45. The predicted molar refractivity (Wildman–Crippen MR) is 67.2 cm³/mol. The van der Waals surface area contributed by atoms with Gasteiger partial charge in [-0.1, -0.05) is 27.7 Å².